The van der Waals surface area contributed by atoms with Crippen molar-refractivity contribution in [1.82, 2.24) is 24.6 Å². The van der Waals surface area contributed by atoms with Crippen molar-refractivity contribution in [2.75, 3.05) is 25.3 Å². The number of nitrogens with zero attached hydrogens (tertiary/aromatic N) is 4. The molecule has 2 aromatic heterocycles. The molecule has 0 bridgehead atoms. The summed E-state index contributed by atoms with van der Waals surface area (Å²) in [5.74, 6) is 0.786. The van der Waals surface area contributed by atoms with Gasteiger partial charge in [-0.15, -0.1) is 0 Å². The van der Waals surface area contributed by atoms with Gasteiger partial charge in [-0.2, -0.15) is 0 Å². The Morgan fingerprint density at radius 1 is 1.06 bits per heavy atom. The number of benzene rings is 1. The zero-order chi connectivity index (χ0) is 24.6. The molecule has 0 spiro atoms. The van der Waals surface area contributed by atoms with Crippen LogP contribution in [0.4, 0.5) is 5.82 Å². The van der Waals surface area contributed by atoms with E-state index in [1.165, 1.54) is 6.33 Å². The number of ether oxygens (including phenoxy) is 3. The van der Waals surface area contributed by atoms with E-state index in [4.69, 9.17) is 24.5 Å². The van der Waals surface area contributed by atoms with E-state index in [9.17, 15) is 4.57 Å². The molecule has 1 aromatic carbocycles. The summed E-state index contributed by atoms with van der Waals surface area (Å²) < 4.78 is 38.8. The van der Waals surface area contributed by atoms with Crippen molar-refractivity contribution in [2.45, 2.75) is 52.7 Å². The van der Waals surface area contributed by atoms with Gasteiger partial charge in [0.15, 0.2) is 17.8 Å². The molecule has 11 nitrogen and oxygen atoms in total. The lowest BCUT2D eigenvalue weighted by Crippen LogP contribution is -2.41. The van der Waals surface area contributed by atoms with Crippen LogP contribution in [0.15, 0.2) is 43.0 Å². The van der Waals surface area contributed by atoms with E-state index in [1.54, 1.807) is 18.5 Å². The number of nitrogens with two attached hydrogens (primary N) is 1. The van der Waals surface area contributed by atoms with E-state index in [-0.39, 0.29) is 12.5 Å². The maximum Gasteiger partial charge on any atom is 0.342 e. The van der Waals surface area contributed by atoms with Crippen molar-refractivity contribution in [2.24, 2.45) is 0 Å². The molecule has 0 fully saturated rings. The number of hydrogen-bond acceptors (Lipinski definition) is 9. The summed E-state index contributed by atoms with van der Waals surface area (Å²) in [5.41, 5.74) is 7.00. The van der Waals surface area contributed by atoms with Gasteiger partial charge in [-0.05, 0) is 39.8 Å². The fourth-order valence-corrected chi connectivity index (χ4v) is 5.20. The molecule has 0 aliphatic heterocycles. The average molecular weight is 493 g/mol. The van der Waals surface area contributed by atoms with E-state index in [0.29, 0.717) is 42.5 Å². The lowest BCUT2D eigenvalue weighted by Gasteiger charge is -2.29. The van der Waals surface area contributed by atoms with Crippen LogP contribution in [0.1, 0.15) is 27.7 Å². The van der Waals surface area contributed by atoms with Crippen LogP contribution in [-0.4, -0.2) is 57.5 Å². The predicted octanol–water partition coefficient (Wildman–Crippen LogP) is 3.42. The number of nitrogens with one attached hydrogen (secondary N) is 1. The number of aromatic nitrogens is 4. The third-order valence-electron chi connectivity index (χ3n) is 4.88. The van der Waals surface area contributed by atoms with Gasteiger partial charge in [0, 0.05) is 13.2 Å². The van der Waals surface area contributed by atoms with Crippen molar-refractivity contribution in [3.8, 4) is 5.75 Å². The van der Waals surface area contributed by atoms with Gasteiger partial charge in [-0.25, -0.2) is 20.0 Å². The Labute approximate surface area is 199 Å². The molecule has 2 heterocycles. The van der Waals surface area contributed by atoms with Gasteiger partial charge in [-0.1, -0.05) is 18.2 Å². The SMILES string of the molecule is CCOC(OCC)C(C)NP(=O)(COC(C)Cn1cnc2c(N)ncnc21)Oc1ccccc1. The number of anilines is 1. The van der Waals surface area contributed by atoms with Crippen LogP contribution in [-0.2, 0) is 25.3 Å². The molecule has 34 heavy (non-hydrogen) atoms. The third-order valence-corrected chi connectivity index (χ3v) is 6.67. The van der Waals surface area contributed by atoms with Crippen molar-refractivity contribution < 1.29 is 23.3 Å². The van der Waals surface area contributed by atoms with Crippen molar-refractivity contribution in [1.29, 1.82) is 0 Å². The lowest BCUT2D eigenvalue weighted by atomic mass is 10.3. The second-order valence-electron chi connectivity index (χ2n) is 7.71. The Morgan fingerprint density at radius 2 is 1.76 bits per heavy atom. The molecule has 186 valence electrons. The molecule has 0 radical (unpaired) electrons. The molecule has 0 amide bonds. The lowest BCUT2D eigenvalue weighted by molar-refractivity contribution is -0.148. The minimum Gasteiger partial charge on any atom is -0.431 e. The Morgan fingerprint density at radius 3 is 2.44 bits per heavy atom. The molecule has 0 aliphatic rings. The fraction of sp³-hybridized carbons (Fsp3) is 0.500. The smallest absolute Gasteiger partial charge is 0.342 e. The number of imidazole rings is 1. The van der Waals surface area contributed by atoms with E-state index in [2.05, 4.69) is 20.0 Å². The molecular formula is C22H33N6O5P. The van der Waals surface area contributed by atoms with Gasteiger partial charge in [0.25, 0.3) is 0 Å². The van der Waals surface area contributed by atoms with E-state index in [1.807, 2.05) is 50.5 Å². The molecule has 0 aliphatic carbocycles. The molecule has 3 N–H and O–H groups in total. The normalized spacial score (nSPS) is 15.3. The standard InChI is InChI=1S/C22H33N6O5P/c1-5-30-22(31-6-2)17(4)27-34(29,33-18-10-8-7-9-11-18)15-32-16(3)12-28-14-26-19-20(23)24-13-25-21(19)28/h7-11,13-14,16-17,22H,5-6,12,15H2,1-4H3,(H,27,29)(H2,23,24,25). The molecule has 3 aromatic rings. The minimum atomic E-state index is -3.50. The Hall–Kier alpha value is -2.56. The minimum absolute atomic E-state index is 0.165. The van der Waals surface area contributed by atoms with Gasteiger partial charge in [-0.3, -0.25) is 4.57 Å². The molecule has 12 heteroatoms. The van der Waals surface area contributed by atoms with E-state index < -0.39 is 19.9 Å². The highest BCUT2D eigenvalue weighted by Crippen LogP contribution is 2.44. The van der Waals surface area contributed by atoms with Crippen LogP contribution in [0.25, 0.3) is 11.2 Å². The van der Waals surface area contributed by atoms with E-state index in [0.717, 1.165) is 0 Å². The summed E-state index contributed by atoms with van der Waals surface area (Å²) in [7, 11) is -3.50. The zero-order valence-electron chi connectivity index (χ0n) is 20.0. The first-order chi connectivity index (χ1) is 16.3. The van der Waals surface area contributed by atoms with Crippen LogP contribution in [0, 0.1) is 0 Å². The van der Waals surface area contributed by atoms with Crippen LogP contribution in [0.2, 0.25) is 0 Å². The fourth-order valence-electron chi connectivity index (χ4n) is 3.37. The van der Waals surface area contributed by atoms with Crippen LogP contribution >= 0.6 is 7.52 Å². The van der Waals surface area contributed by atoms with Gasteiger partial charge < -0.3 is 29.0 Å². The average Bonchev–Trinajstić information content (AvgIpc) is 3.22. The molecule has 0 saturated heterocycles. The van der Waals surface area contributed by atoms with Crippen molar-refractivity contribution >= 4 is 24.5 Å². The Kier molecular flexibility index (Phi) is 9.37. The second-order valence-corrected chi connectivity index (χ2v) is 9.75. The van der Waals surface area contributed by atoms with Crippen molar-refractivity contribution in [3.63, 3.8) is 0 Å². The predicted molar refractivity (Wildman–Crippen MR) is 129 cm³/mol. The summed E-state index contributed by atoms with van der Waals surface area (Å²) in [4.78, 5) is 12.5. The highest BCUT2D eigenvalue weighted by Gasteiger charge is 2.32. The maximum atomic E-state index is 13.8. The first kappa shape index (κ1) is 26.1. The Bertz CT molecular complexity index is 1080. The molecule has 0 saturated carbocycles. The van der Waals surface area contributed by atoms with E-state index >= 15 is 0 Å². The summed E-state index contributed by atoms with van der Waals surface area (Å²) >= 11 is 0. The molecule has 3 unspecified atom stereocenters. The van der Waals surface area contributed by atoms with Gasteiger partial charge >= 0.3 is 7.52 Å². The maximum absolute atomic E-state index is 13.8. The number of hydrogen-bond donors (Lipinski definition) is 2. The summed E-state index contributed by atoms with van der Waals surface area (Å²) in [5, 5.41) is 3.06. The summed E-state index contributed by atoms with van der Waals surface area (Å²) in [6.45, 7) is 8.80. The molecule has 3 rings (SSSR count). The van der Waals surface area contributed by atoms with Gasteiger partial charge in [0.2, 0.25) is 0 Å². The van der Waals surface area contributed by atoms with Gasteiger partial charge in [0.1, 0.15) is 23.9 Å². The first-order valence-electron chi connectivity index (χ1n) is 11.2. The zero-order valence-corrected chi connectivity index (χ0v) is 20.9. The largest absolute Gasteiger partial charge is 0.431 e. The molecule has 3 atom stereocenters. The third kappa shape index (κ3) is 6.97. The van der Waals surface area contributed by atoms with Crippen LogP contribution in [0.3, 0.4) is 0 Å². The van der Waals surface area contributed by atoms with Crippen LogP contribution < -0.4 is 15.3 Å². The number of para-hydroxylation sites is 1. The highest BCUT2D eigenvalue weighted by molar-refractivity contribution is 7.57. The monoisotopic (exact) mass is 492 g/mol. The highest BCUT2D eigenvalue weighted by atomic mass is 31.2. The first-order valence-corrected chi connectivity index (χ1v) is 13.0. The topological polar surface area (TPSA) is 136 Å². The van der Waals surface area contributed by atoms with Crippen molar-refractivity contribution in [3.05, 3.63) is 43.0 Å². The van der Waals surface area contributed by atoms with Gasteiger partial charge in [0.05, 0.1) is 25.0 Å². The van der Waals surface area contributed by atoms with Crippen LogP contribution in [0.5, 0.6) is 5.75 Å². The number of rotatable bonds is 14. The second kappa shape index (κ2) is 12.2. The quantitative estimate of drug-likeness (QED) is 0.254. The molecular weight excluding hydrogens is 459 g/mol. The Balaban J connectivity index is 1.71. The summed E-state index contributed by atoms with van der Waals surface area (Å²) in [6, 6.07) is 8.56. The number of fused-ring (bicyclic) bond motifs is 1. The summed E-state index contributed by atoms with van der Waals surface area (Å²) in [6.07, 6.45) is 1.95. The number of nitrogen functional groups attached to an aromatic ring is 1.